The first-order chi connectivity index (χ1) is 12.3. The Morgan fingerprint density at radius 1 is 1.12 bits per heavy atom. The van der Waals surface area contributed by atoms with Gasteiger partial charge in [0.15, 0.2) is 0 Å². The van der Waals surface area contributed by atoms with Gasteiger partial charge in [-0.15, -0.1) is 0 Å². The molecule has 1 saturated heterocycles. The maximum absolute atomic E-state index is 9.56. The normalized spacial score (nSPS) is 17.2. The zero-order chi connectivity index (χ0) is 17.5. The van der Waals surface area contributed by atoms with Crippen LogP contribution in [0.15, 0.2) is 48.5 Å². The molecule has 4 nitrogen and oxygen atoms in total. The minimum absolute atomic E-state index is 0.0125. The molecule has 0 saturated carbocycles. The second-order valence-electron chi connectivity index (χ2n) is 6.59. The Morgan fingerprint density at radius 3 is 2.60 bits per heavy atom. The summed E-state index contributed by atoms with van der Waals surface area (Å²) in [6.07, 6.45) is 2.61. The molecule has 0 amide bonds. The van der Waals surface area contributed by atoms with Crippen LogP contribution in [0.3, 0.4) is 0 Å². The van der Waals surface area contributed by atoms with Gasteiger partial charge in [0.1, 0.15) is 5.75 Å². The van der Waals surface area contributed by atoms with Gasteiger partial charge in [-0.1, -0.05) is 36.4 Å². The van der Waals surface area contributed by atoms with E-state index in [9.17, 15) is 5.11 Å². The summed E-state index contributed by atoms with van der Waals surface area (Å²) in [7, 11) is 1.63. The molecule has 1 aliphatic heterocycles. The molecule has 0 spiro atoms. The summed E-state index contributed by atoms with van der Waals surface area (Å²) in [4.78, 5) is 2.42. The second kappa shape index (κ2) is 8.99. The largest absolute Gasteiger partial charge is 0.496 e. The number of benzene rings is 2. The molecule has 0 radical (unpaired) electrons. The molecular weight excluding hydrogens is 314 g/mol. The minimum Gasteiger partial charge on any atom is -0.496 e. The summed E-state index contributed by atoms with van der Waals surface area (Å²) in [6, 6.07) is 16.6. The van der Waals surface area contributed by atoms with Crippen molar-refractivity contribution in [1.82, 2.24) is 4.90 Å². The smallest absolute Gasteiger partial charge is 0.124 e. The van der Waals surface area contributed by atoms with E-state index < -0.39 is 0 Å². The second-order valence-corrected chi connectivity index (χ2v) is 6.59. The van der Waals surface area contributed by atoms with Crippen LogP contribution < -0.4 is 4.74 Å². The highest BCUT2D eigenvalue weighted by atomic mass is 16.5. The van der Waals surface area contributed by atoms with E-state index in [2.05, 4.69) is 35.2 Å². The van der Waals surface area contributed by atoms with Crippen molar-refractivity contribution >= 4 is 0 Å². The molecule has 3 rings (SSSR count). The average Bonchev–Trinajstić information content (AvgIpc) is 3.15. The van der Waals surface area contributed by atoms with Crippen LogP contribution in [-0.2, 0) is 24.4 Å². The molecule has 134 valence electrons. The lowest BCUT2D eigenvalue weighted by atomic mass is 10.1. The van der Waals surface area contributed by atoms with Crippen molar-refractivity contribution in [2.75, 3.05) is 20.3 Å². The summed E-state index contributed by atoms with van der Waals surface area (Å²) in [5, 5.41) is 9.56. The Morgan fingerprint density at radius 2 is 1.92 bits per heavy atom. The Hall–Kier alpha value is -1.88. The first kappa shape index (κ1) is 17.9. The molecule has 1 atom stereocenters. The maximum Gasteiger partial charge on any atom is 0.124 e. The third kappa shape index (κ3) is 5.05. The Kier molecular flexibility index (Phi) is 6.45. The Bertz CT molecular complexity index is 653. The summed E-state index contributed by atoms with van der Waals surface area (Å²) >= 11 is 0. The van der Waals surface area contributed by atoms with Crippen LogP contribution in [-0.4, -0.2) is 36.4 Å². The van der Waals surface area contributed by atoms with Crippen LogP contribution in [0.4, 0.5) is 0 Å². The quantitative estimate of drug-likeness (QED) is 0.799. The molecule has 1 fully saturated rings. The molecule has 25 heavy (non-hydrogen) atoms. The molecule has 1 aliphatic rings. The van der Waals surface area contributed by atoms with Gasteiger partial charge in [-0.05, 0) is 36.1 Å². The van der Waals surface area contributed by atoms with Crippen LogP contribution >= 0.6 is 0 Å². The molecule has 0 aliphatic carbocycles. The SMILES string of the molecule is COc1ccc(CN(Cc2ccccc2)C[C@@H]2CCCO2)cc1CO. The van der Waals surface area contributed by atoms with Gasteiger partial charge in [0.05, 0.1) is 19.8 Å². The van der Waals surface area contributed by atoms with Crippen LogP contribution in [0, 0.1) is 0 Å². The lowest BCUT2D eigenvalue weighted by Crippen LogP contribution is -2.31. The van der Waals surface area contributed by atoms with E-state index in [0.29, 0.717) is 6.10 Å². The van der Waals surface area contributed by atoms with Crippen LogP contribution in [0.5, 0.6) is 5.75 Å². The van der Waals surface area contributed by atoms with E-state index in [0.717, 1.165) is 50.4 Å². The highest BCUT2D eigenvalue weighted by Crippen LogP contribution is 2.22. The molecule has 1 N–H and O–H groups in total. The molecule has 4 heteroatoms. The van der Waals surface area contributed by atoms with E-state index in [1.54, 1.807) is 7.11 Å². The van der Waals surface area contributed by atoms with E-state index in [1.165, 1.54) is 11.1 Å². The topological polar surface area (TPSA) is 41.9 Å². The fourth-order valence-corrected chi connectivity index (χ4v) is 3.41. The van der Waals surface area contributed by atoms with Crippen molar-refractivity contribution in [3.63, 3.8) is 0 Å². The van der Waals surface area contributed by atoms with Crippen molar-refractivity contribution in [3.8, 4) is 5.75 Å². The number of hydrogen-bond acceptors (Lipinski definition) is 4. The van der Waals surface area contributed by atoms with E-state index >= 15 is 0 Å². The van der Waals surface area contributed by atoms with Gasteiger partial charge in [0.2, 0.25) is 0 Å². The Labute approximate surface area is 150 Å². The van der Waals surface area contributed by atoms with Crippen LogP contribution in [0.25, 0.3) is 0 Å². The third-order valence-electron chi connectivity index (χ3n) is 4.66. The van der Waals surface area contributed by atoms with Crippen molar-refractivity contribution in [2.45, 2.75) is 38.6 Å². The van der Waals surface area contributed by atoms with Crippen LogP contribution in [0.2, 0.25) is 0 Å². The lowest BCUT2D eigenvalue weighted by molar-refractivity contribution is 0.0679. The van der Waals surface area contributed by atoms with Crippen LogP contribution in [0.1, 0.15) is 29.5 Å². The Balaban J connectivity index is 1.73. The number of ether oxygens (including phenoxy) is 2. The fraction of sp³-hybridized carbons (Fsp3) is 0.429. The first-order valence-electron chi connectivity index (χ1n) is 8.93. The summed E-state index contributed by atoms with van der Waals surface area (Å²) < 4.78 is 11.1. The predicted molar refractivity (Wildman–Crippen MR) is 98.4 cm³/mol. The minimum atomic E-state index is -0.0125. The third-order valence-corrected chi connectivity index (χ3v) is 4.66. The highest BCUT2D eigenvalue weighted by Gasteiger charge is 2.20. The molecular formula is C21H27NO3. The molecule has 2 aromatic rings. The van der Waals surface area contributed by atoms with E-state index in [1.807, 2.05) is 18.2 Å². The zero-order valence-corrected chi connectivity index (χ0v) is 14.9. The predicted octanol–water partition coefficient (Wildman–Crippen LogP) is 3.37. The van der Waals surface area contributed by atoms with Gasteiger partial charge in [0.25, 0.3) is 0 Å². The molecule has 0 aromatic heterocycles. The van der Waals surface area contributed by atoms with Gasteiger partial charge in [-0.25, -0.2) is 0 Å². The van der Waals surface area contributed by atoms with Crippen molar-refractivity contribution in [2.24, 2.45) is 0 Å². The standard InChI is InChI=1S/C21H27NO3/c1-24-21-10-9-18(12-19(21)16-23)14-22(15-20-8-5-11-25-20)13-17-6-3-2-4-7-17/h2-4,6-7,9-10,12,20,23H,5,8,11,13-16H2,1H3/t20-/m0/s1. The number of aliphatic hydroxyl groups is 1. The van der Waals surface area contributed by atoms with Gasteiger partial charge >= 0.3 is 0 Å². The number of rotatable bonds is 8. The van der Waals surface area contributed by atoms with Gasteiger partial charge < -0.3 is 14.6 Å². The molecule has 2 aromatic carbocycles. The molecule has 1 heterocycles. The monoisotopic (exact) mass is 341 g/mol. The van der Waals surface area contributed by atoms with E-state index in [4.69, 9.17) is 9.47 Å². The summed E-state index contributed by atoms with van der Waals surface area (Å²) in [6.45, 7) is 3.50. The van der Waals surface area contributed by atoms with Gasteiger partial charge in [-0.2, -0.15) is 0 Å². The number of hydrogen-bond donors (Lipinski definition) is 1. The lowest BCUT2D eigenvalue weighted by Gasteiger charge is -2.26. The maximum atomic E-state index is 9.56. The van der Waals surface area contributed by atoms with Gasteiger partial charge in [0, 0.05) is 31.8 Å². The van der Waals surface area contributed by atoms with Crippen molar-refractivity contribution in [3.05, 3.63) is 65.2 Å². The first-order valence-corrected chi connectivity index (χ1v) is 8.93. The number of nitrogens with zero attached hydrogens (tertiary/aromatic N) is 1. The van der Waals surface area contributed by atoms with Crippen molar-refractivity contribution in [1.29, 1.82) is 0 Å². The van der Waals surface area contributed by atoms with Crippen molar-refractivity contribution < 1.29 is 14.6 Å². The zero-order valence-electron chi connectivity index (χ0n) is 14.9. The van der Waals surface area contributed by atoms with Gasteiger partial charge in [-0.3, -0.25) is 4.90 Å². The summed E-state index contributed by atoms with van der Waals surface area (Å²) in [5.41, 5.74) is 3.31. The fourth-order valence-electron chi connectivity index (χ4n) is 3.41. The molecule has 0 unspecified atom stereocenters. The molecule has 0 bridgehead atoms. The van der Waals surface area contributed by atoms with E-state index in [-0.39, 0.29) is 6.61 Å². The number of methoxy groups -OCH3 is 1. The summed E-state index contributed by atoms with van der Waals surface area (Å²) in [5.74, 6) is 0.736. The average molecular weight is 341 g/mol. The number of aliphatic hydroxyl groups excluding tert-OH is 1. The highest BCUT2D eigenvalue weighted by molar-refractivity contribution is 5.36.